The molecule has 0 radical (unpaired) electrons. The van der Waals surface area contributed by atoms with Crippen LogP contribution in [0.3, 0.4) is 0 Å². The molecule has 170 valence electrons. The van der Waals surface area contributed by atoms with Gasteiger partial charge in [0.25, 0.3) is 0 Å². The van der Waals surface area contributed by atoms with Crippen LogP contribution in [0.4, 0.5) is 30.4 Å². The van der Waals surface area contributed by atoms with Crippen LogP contribution in [0.2, 0.25) is 5.02 Å². The van der Waals surface area contributed by atoms with Crippen LogP contribution in [0.15, 0.2) is 47.6 Å². The van der Waals surface area contributed by atoms with E-state index in [0.29, 0.717) is 28.2 Å². The molecule has 3 aromatic rings. The van der Waals surface area contributed by atoms with Crippen molar-refractivity contribution >= 4 is 49.7 Å². The van der Waals surface area contributed by atoms with Gasteiger partial charge in [-0.1, -0.05) is 11.6 Å². The Morgan fingerprint density at radius 3 is 2.66 bits per heavy atom. The van der Waals surface area contributed by atoms with E-state index in [4.69, 9.17) is 11.6 Å². The fraction of sp³-hybridized carbons (Fsp3) is 0.300. The lowest BCUT2D eigenvalue weighted by Crippen LogP contribution is -2.41. The van der Waals surface area contributed by atoms with Gasteiger partial charge in [0.05, 0.1) is 21.8 Å². The summed E-state index contributed by atoms with van der Waals surface area (Å²) in [5.41, 5.74) is 0.980. The van der Waals surface area contributed by atoms with Gasteiger partial charge in [0.2, 0.25) is 10.0 Å². The first-order chi connectivity index (χ1) is 15.1. The highest BCUT2D eigenvalue weighted by Gasteiger charge is 2.46. The normalized spacial score (nSPS) is 17.2. The Labute approximate surface area is 187 Å². The third-order valence-electron chi connectivity index (χ3n) is 5.34. The Kier molecular flexibility index (Phi) is 5.91. The summed E-state index contributed by atoms with van der Waals surface area (Å²) in [6.07, 6.45) is -2.78. The monoisotopic (exact) mass is 485 g/mol. The van der Waals surface area contributed by atoms with Gasteiger partial charge in [-0.25, -0.2) is 23.1 Å². The SMILES string of the molecule is CNS(=O)(=O)c1ccc(N2CCCC2C(F)(F)F)c(Nc2ncnc3ccc(Cl)cc23)c1. The van der Waals surface area contributed by atoms with Crippen LogP contribution in [0.25, 0.3) is 10.9 Å². The molecule has 1 unspecified atom stereocenters. The molecular weight excluding hydrogens is 467 g/mol. The van der Waals surface area contributed by atoms with E-state index in [2.05, 4.69) is 20.0 Å². The predicted molar refractivity (Wildman–Crippen MR) is 117 cm³/mol. The highest BCUT2D eigenvalue weighted by Crippen LogP contribution is 2.41. The number of hydrogen-bond donors (Lipinski definition) is 2. The average molecular weight is 486 g/mol. The number of nitrogens with one attached hydrogen (secondary N) is 2. The molecule has 1 fully saturated rings. The summed E-state index contributed by atoms with van der Waals surface area (Å²) in [5, 5.41) is 3.99. The van der Waals surface area contributed by atoms with Crippen LogP contribution < -0.4 is 14.9 Å². The molecular formula is C20H19ClF3N5O2S. The lowest BCUT2D eigenvalue weighted by molar-refractivity contribution is -0.145. The van der Waals surface area contributed by atoms with Gasteiger partial charge in [-0.3, -0.25) is 0 Å². The minimum atomic E-state index is -4.42. The van der Waals surface area contributed by atoms with E-state index in [1.165, 1.54) is 36.5 Å². The maximum absolute atomic E-state index is 13.6. The highest BCUT2D eigenvalue weighted by molar-refractivity contribution is 7.89. The summed E-state index contributed by atoms with van der Waals surface area (Å²) in [6.45, 7) is 0.188. The van der Waals surface area contributed by atoms with E-state index in [-0.39, 0.29) is 29.2 Å². The van der Waals surface area contributed by atoms with Crippen molar-refractivity contribution in [2.75, 3.05) is 23.8 Å². The quantitative estimate of drug-likeness (QED) is 0.554. The molecule has 0 saturated carbocycles. The van der Waals surface area contributed by atoms with Gasteiger partial charge in [0, 0.05) is 17.0 Å². The zero-order chi connectivity index (χ0) is 23.1. The lowest BCUT2D eigenvalue weighted by Gasteiger charge is -2.30. The molecule has 4 rings (SSSR count). The predicted octanol–water partition coefficient (Wildman–Crippen LogP) is 4.47. The van der Waals surface area contributed by atoms with Crippen LogP contribution in [0.1, 0.15) is 12.8 Å². The summed E-state index contributed by atoms with van der Waals surface area (Å²) < 4.78 is 67.8. The van der Waals surface area contributed by atoms with Gasteiger partial charge in [-0.15, -0.1) is 0 Å². The molecule has 7 nitrogen and oxygen atoms in total. The van der Waals surface area contributed by atoms with Crippen molar-refractivity contribution in [3.05, 3.63) is 47.7 Å². The van der Waals surface area contributed by atoms with E-state index >= 15 is 0 Å². The van der Waals surface area contributed by atoms with Crippen molar-refractivity contribution in [3.63, 3.8) is 0 Å². The van der Waals surface area contributed by atoms with Crippen LogP contribution >= 0.6 is 11.6 Å². The second-order valence-electron chi connectivity index (χ2n) is 7.29. The summed E-state index contributed by atoms with van der Waals surface area (Å²) in [5.74, 6) is 0.292. The highest BCUT2D eigenvalue weighted by atomic mass is 35.5. The first-order valence-electron chi connectivity index (χ1n) is 9.68. The summed E-state index contributed by atoms with van der Waals surface area (Å²) >= 11 is 6.10. The maximum Gasteiger partial charge on any atom is 0.408 e. The Morgan fingerprint density at radius 1 is 1.16 bits per heavy atom. The first-order valence-corrected chi connectivity index (χ1v) is 11.5. The zero-order valence-corrected chi connectivity index (χ0v) is 18.4. The van der Waals surface area contributed by atoms with E-state index in [9.17, 15) is 21.6 Å². The number of fused-ring (bicyclic) bond motifs is 1. The van der Waals surface area contributed by atoms with Crippen LogP contribution in [-0.4, -0.2) is 44.2 Å². The molecule has 0 aliphatic carbocycles. The van der Waals surface area contributed by atoms with Crippen molar-refractivity contribution in [2.24, 2.45) is 0 Å². The van der Waals surface area contributed by atoms with Crippen molar-refractivity contribution in [1.29, 1.82) is 0 Å². The zero-order valence-electron chi connectivity index (χ0n) is 16.8. The van der Waals surface area contributed by atoms with Gasteiger partial charge in [-0.2, -0.15) is 13.2 Å². The topological polar surface area (TPSA) is 87.2 Å². The van der Waals surface area contributed by atoms with Gasteiger partial charge >= 0.3 is 6.18 Å². The summed E-state index contributed by atoms with van der Waals surface area (Å²) in [7, 11) is -2.57. The Balaban J connectivity index is 1.86. The van der Waals surface area contributed by atoms with Gasteiger partial charge in [-0.05, 0) is 56.3 Å². The third kappa shape index (κ3) is 4.32. The van der Waals surface area contributed by atoms with Crippen molar-refractivity contribution < 1.29 is 21.6 Å². The van der Waals surface area contributed by atoms with Gasteiger partial charge in [0.1, 0.15) is 18.2 Å². The minimum Gasteiger partial charge on any atom is -0.358 e. The fourth-order valence-corrected chi connectivity index (χ4v) is 4.73. The van der Waals surface area contributed by atoms with Crippen molar-refractivity contribution in [2.45, 2.75) is 30.0 Å². The minimum absolute atomic E-state index is 0.0362. The summed E-state index contributed by atoms with van der Waals surface area (Å²) in [6, 6.07) is 7.27. The smallest absolute Gasteiger partial charge is 0.358 e. The molecule has 1 saturated heterocycles. The maximum atomic E-state index is 13.6. The fourth-order valence-electron chi connectivity index (χ4n) is 3.80. The Bertz CT molecular complexity index is 1270. The van der Waals surface area contributed by atoms with Crippen molar-refractivity contribution in [1.82, 2.24) is 14.7 Å². The molecule has 2 N–H and O–H groups in total. The largest absolute Gasteiger partial charge is 0.408 e. The molecule has 1 atom stereocenters. The van der Waals surface area contributed by atoms with E-state index in [1.807, 2.05) is 0 Å². The molecule has 0 bridgehead atoms. The van der Waals surface area contributed by atoms with Crippen LogP contribution in [-0.2, 0) is 10.0 Å². The second-order valence-corrected chi connectivity index (χ2v) is 9.61. The number of aromatic nitrogens is 2. The Morgan fingerprint density at radius 2 is 1.94 bits per heavy atom. The van der Waals surface area contributed by atoms with Gasteiger partial charge in [0.15, 0.2) is 0 Å². The third-order valence-corrected chi connectivity index (χ3v) is 6.98. The molecule has 0 amide bonds. The standard InChI is InChI=1S/C20H19ClF3N5O2S/c1-25-32(30,31)13-5-7-17(29-8-2-3-18(29)20(22,23)24)16(10-13)28-19-14-9-12(21)4-6-15(14)26-11-27-19/h4-7,9-11,18,25H,2-3,8H2,1H3,(H,26,27,28). The number of alkyl halides is 3. The molecule has 1 aromatic heterocycles. The number of hydrogen-bond acceptors (Lipinski definition) is 6. The lowest BCUT2D eigenvalue weighted by atomic mass is 10.1. The van der Waals surface area contributed by atoms with E-state index in [0.717, 1.165) is 0 Å². The number of nitrogens with zero attached hydrogens (tertiary/aromatic N) is 3. The number of benzene rings is 2. The van der Waals surface area contributed by atoms with Crippen molar-refractivity contribution in [3.8, 4) is 0 Å². The van der Waals surface area contributed by atoms with Crippen LogP contribution in [0, 0.1) is 0 Å². The van der Waals surface area contributed by atoms with Crippen LogP contribution in [0.5, 0.6) is 0 Å². The average Bonchev–Trinajstić information content (AvgIpc) is 3.24. The summed E-state index contributed by atoms with van der Waals surface area (Å²) in [4.78, 5) is 9.52. The Hall–Kier alpha value is -2.63. The molecule has 32 heavy (non-hydrogen) atoms. The molecule has 1 aliphatic heterocycles. The number of halogens is 4. The van der Waals surface area contributed by atoms with Gasteiger partial charge < -0.3 is 10.2 Å². The number of sulfonamides is 1. The molecule has 1 aliphatic rings. The van der Waals surface area contributed by atoms with E-state index in [1.54, 1.807) is 18.2 Å². The second kappa shape index (κ2) is 8.38. The molecule has 2 heterocycles. The first kappa shape index (κ1) is 22.6. The molecule has 12 heteroatoms. The number of anilines is 3. The van der Waals surface area contributed by atoms with E-state index < -0.39 is 22.2 Å². The number of rotatable bonds is 5. The molecule has 0 spiro atoms. The molecule has 2 aromatic carbocycles.